The molecular formula is C15H20N4O. The van der Waals surface area contributed by atoms with Crippen LogP contribution in [0.4, 0.5) is 11.5 Å². The Morgan fingerprint density at radius 2 is 2.10 bits per heavy atom. The Bertz CT molecular complexity index is 589. The monoisotopic (exact) mass is 272 g/mol. The number of amides is 1. The summed E-state index contributed by atoms with van der Waals surface area (Å²) in [4.78, 5) is 12.4. The molecule has 1 heterocycles. The highest BCUT2D eigenvalue weighted by atomic mass is 16.1. The highest BCUT2D eigenvalue weighted by Gasteiger charge is 2.13. The molecular weight excluding hydrogens is 252 g/mol. The summed E-state index contributed by atoms with van der Waals surface area (Å²) in [6.07, 6.45) is 2.55. The van der Waals surface area contributed by atoms with Gasteiger partial charge >= 0.3 is 0 Å². The summed E-state index contributed by atoms with van der Waals surface area (Å²) in [5.41, 5.74) is 2.45. The Morgan fingerprint density at radius 1 is 1.35 bits per heavy atom. The van der Waals surface area contributed by atoms with Crippen molar-refractivity contribution in [3.8, 4) is 0 Å². The van der Waals surface area contributed by atoms with E-state index in [1.54, 1.807) is 6.20 Å². The number of aromatic amines is 1. The van der Waals surface area contributed by atoms with Gasteiger partial charge in [-0.3, -0.25) is 9.89 Å². The molecule has 0 saturated heterocycles. The summed E-state index contributed by atoms with van der Waals surface area (Å²) in [5.74, 6) is 0.518. The average Bonchev–Trinajstić information content (AvgIpc) is 2.85. The predicted octanol–water partition coefficient (Wildman–Crippen LogP) is 3.04. The van der Waals surface area contributed by atoms with Crippen molar-refractivity contribution in [3.63, 3.8) is 0 Å². The van der Waals surface area contributed by atoms with Crippen molar-refractivity contribution in [2.75, 3.05) is 10.6 Å². The minimum Gasteiger partial charge on any atom is -0.382 e. The van der Waals surface area contributed by atoms with E-state index in [-0.39, 0.29) is 11.9 Å². The lowest BCUT2D eigenvalue weighted by molar-refractivity contribution is 0.102. The first kappa shape index (κ1) is 14.1. The van der Waals surface area contributed by atoms with Crippen molar-refractivity contribution >= 4 is 17.4 Å². The number of anilines is 2. The molecule has 1 amide bonds. The van der Waals surface area contributed by atoms with Crippen LogP contribution in [0, 0.1) is 0 Å². The van der Waals surface area contributed by atoms with E-state index in [4.69, 9.17) is 0 Å². The largest absolute Gasteiger partial charge is 0.382 e. The number of para-hydroxylation sites is 1. The van der Waals surface area contributed by atoms with Gasteiger partial charge in [0.1, 0.15) is 5.82 Å². The maximum Gasteiger partial charge on any atom is 0.258 e. The lowest BCUT2D eigenvalue weighted by Crippen LogP contribution is -2.18. The minimum atomic E-state index is -0.146. The maximum absolute atomic E-state index is 12.4. The SMILES string of the molecule is CCc1cn[nH]c1NC(=O)c1ccccc1NC(C)C. The van der Waals surface area contributed by atoms with Crippen LogP contribution in [0.2, 0.25) is 0 Å². The third-order valence-corrected chi connectivity index (χ3v) is 2.95. The number of aryl methyl sites for hydroxylation is 1. The van der Waals surface area contributed by atoms with E-state index in [1.807, 2.05) is 45.0 Å². The number of aromatic nitrogens is 2. The molecule has 5 heteroatoms. The smallest absolute Gasteiger partial charge is 0.258 e. The molecule has 0 aliphatic heterocycles. The number of rotatable bonds is 5. The highest BCUT2D eigenvalue weighted by Crippen LogP contribution is 2.19. The number of hydrogen-bond donors (Lipinski definition) is 3. The Morgan fingerprint density at radius 3 is 2.80 bits per heavy atom. The van der Waals surface area contributed by atoms with Crippen LogP contribution in [-0.2, 0) is 6.42 Å². The standard InChI is InChI=1S/C15H20N4O/c1-4-11-9-16-19-14(11)18-15(20)12-7-5-6-8-13(12)17-10(2)3/h5-10,17H,4H2,1-3H3,(H2,16,18,19,20). The number of nitrogens with zero attached hydrogens (tertiary/aromatic N) is 1. The second-order valence-corrected chi connectivity index (χ2v) is 4.92. The molecule has 1 aromatic heterocycles. The van der Waals surface area contributed by atoms with Crippen molar-refractivity contribution in [3.05, 3.63) is 41.6 Å². The Hall–Kier alpha value is -2.30. The maximum atomic E-state index is 12.4. The molecule has 0 unspecified atom stereocenters. The van der Waals surface area contributed by atoms with E-state index >= 15 is 0 Å². The van der Waals surface area contributed by atoms with Gasteiger partial charge in [0, 0.05) is 17.3 Å². The highest BCUT2D eigenvalue weighted by molar-refractivity contribution is 6.07. The number of carbonyl (C=O) groups is 1. The van der Waals surface area contributed by atoms with E-state index in [2.05, 4.69) is 20.8 Å². The van der Waals surface area contributed by atoms with Crippen molar-refractivity contribution in [1.29, 1.82) is 0 Å². The van der Waals surface area contributed by atoms with Gasteiger partial charge in [-0.05, 0) is 32.4 Å². The molecule has 2 rings (SSSR count). The van der Waals surface area contributed by atoms with Gasteiger partial charge in [0.15, 0.2) is 0 Å². The van der Waals surface area contributed by atoms with Crippen LogP contribution in [-0.4, -0.2) is 22.1 Å². The molecule has 0 saturated carbocycles. The molecule has 20 heavy (non-hydrogen) atoms. The summed E-state index contributed by atoms with van der Waals surface area (Å²) in [5, 5.41) is 12.9. The van der Waals surface area contributed by atoms with Gasteiger partial charge in [0.25, 0.3) is 5.91 Å². The molecule has 0 aliphatic carbocycles. The summed E-state index contributed by atoms with van der Waals surface area (Å²) >= 11 is 0. The van der Waals surface area contributed by atoms with Gasteiger partial charge in [-0.15, -0.1) is 0 Å². The second kappa shape index (κ2) is 6.23. The van der Waals surface area contributed by atoms with Gasteiger partial charge in [0.05, 0.1) is 11.8 Å². The summed E-state index contributed by atoms with van der Waals surface area (Å²) in [7, 11) is 0. The number of H-pyrrole nitrogens is 1. The fourth-order valence-electron chi connectivity index (χ4n) is 1.99. The Kier molecular flexibility index (Phi) is 4.40. The molecule has 2 aromatic rings. The topological polar surface area (TPSA) is 69.8 Å². The van der Waals surface area contributed by atoms with Gasteiger partial charge in [-0.25, -0.2) is 0 Å². The Labute approximate surface area is 118 Å². The zero-order valence-electron chi connectivity index (χ0n) is 12.0. The molecule has 0 fully saturated rings. The first-order valence-corrected chi connectivity index (χ1v) is 6.81. The quantitative estimate of drug-likeness (QED) is 0.783. The number of hydrogen-bond acceptors (Lipinski definition) is 3. The first-order valence-electron chi connectivity index (χ1n) is 6.81. The van der Waals surface area contributed by atoms with E-state index in [0.29, 0.717) is 11.4 Å². The van der Waals surface area contributed by atoms with Crippen molar-refractivity contribution in [2.24, 2.45) is 0 Å². The van der Waals surface area contributed by atoms with Gasteiger partial charge in [-0.2, -0.15) is 5.10 Å². The fraction of sp³-hybridized carbons (Fsp3) is 0.333. The Balaban J connectivity index is 2.21. The van der Waals surface area contributed by atoms with Crippen molar-refractivity contribution in [1.82, 2.24) is 10.2 Å². The molecule has 0 aliphatic rings. The van der Waals surface area contributed by atoms with Crippen molar-refractivity contribution in [2.45, 2.75) is 33.2 Å². The minimum absolute atomic E-state index is 0.146. The van der Waals surface area contributed by atoms with Crippen LogP contribution < -0.4 is 10.6 Å². The summed E-state index contributed by atoms with van der Waals surface area (Å²) in [6, 6.07) is 7.75. The van der Waals surface area contributed by atoms with Gasteiger partial charge in [0.2, 0.25) is 0 Å². The zero-order chi connectivity index (χ0) is 14.5. The molecule has 0 radical (unpaired) electrons. The molecule has 0 atom stereocenters. The van der Waals surface area contributed by atoms with Crippen molar-refractivity contribution < 1.29 is 4.79 Å². The molecule has 0 bridgehead atoms. The molecule has 1 aromatic carbocycles. The van der Waals surface area contributed by atoms with Crippen LogP contribution in [0.1, 0.15) is 36.7 Å². The summed E-state index contributed by atoms with van der Waals surface area (Å²) in [6.45, 7) is 6.10. The van der Waals surface area contributed by atoms with Crippen LogP contribution in [0.5, 0.6) is 0 Å². The second-order valence-electron chi connectivity index (χ2n) is 4.92. The van der Waals surface area contributed by atoms with E-state index in [9.17, 15) is 4.79 Å². The number of carbonyl (C=O) groups excluding carboxylic acids is 1. The normalized spacial score (nSPS) is 10.6. The van der Waals surface area contributed by atoms with E-state index in [1.165, 1.54) is 0 Å². The van der Waals surface area contributed by atoms with Gasteiger partial charge < -0.3 is 10.6 Å². The molecule has 5 nitrogen and oxygen atoms in total. The first-order chi connectivity index (χ1) is 9.61. The molecule has 0 spiro atoms. The summed E-state index contributed by atoms with van der Waals surface area (Å²) < 4.78 is 0. The lowest BCUT2D eigenvalue weighted by atomic mass is 10.1. The molecule has 3 N–H and O–H groups in total. The van der Waals surface area contributed by atoms with Crippen LogP contribution >= 0.6 is 0 Å². The third-order valence-electron chi connectivity index (χ3n) is 2.95. The third kappa shape index (κ3) is 3.17. The predicted molar refractivity (Wildman–Crippen MR) is 81.1 cm³/mol. The average molecular weight is 272 g/mol. The van der Waals surface area contributed by atoms with Crippen LogP contribution in [0.25, 0.3) is 0 Å². The van der Waals surface area contributed by atoms with Crippen LogP contribution in [0.3, 0.4) is 0 Å². The zero-order valence-corrected chi connectivity index (χ0v) is 12.0. The number of nitrogens with one attached hydrogen (secondary N) is 3. The fourth-order valence-corrected chi connectivity index (χ4v) is 1.99. The lowest BCUT2D eigenvalue weighted by Gasteiger charge is -2.14. The van der Waals surface area contributed by atoms with E-state index in [0.717, 1.165) is 17.7 Å². The number of benzene rings is 1. The van der Waals surface area contributed by atoms with Gasteiger partial charge in [-0.1, -0.05) is 19.1 Å². The van der Waals surface area contributed by atoms with Crippen LogP contribution in [0.15, 0.2) is 30.5 Å². The van der Waals surface area contributed by atoms with E-state index < -0.39 is 0 Å². The molecule has 106 valence electrons.